The van der Waals surface area contributed by atoms with Gasteiger partial charge in [0.1, 0.15) is 6.61 Å². The number of methoxy groups -OCH3 is 1. The number of amides is 1. The molecule has 0 saturated heterocycles. The van der Waals surface area contributed by atoms with Gasteiger partial charge in [-0.1, -0.05) is 40.2 Å². The fourth-order valence-electron chi connectivity index (χ4n) is 3.24. The van der Waals surface area contributed by atoms with Gasteiger partial charge in [-0.05, 0) is 61.0 Å². The molecule has 0 aliphatic rings. The first-order valence-electron chi connectivity index (χ1n) is 10.4. The summed E-state index contributed by atoms with van der Waals surface area (Å²) in [5, 5.41) is 7.47. The van der Waals surface area contributed by atoms with Crippen molar-refractivity contribution >= 4 is 27.5 Å². The van der Waals surface area contributed by atoms with Crippen LogP contribution in [-0.2, 0) is 4.74 Å². The highest BCUT2D eigenvalue weighted by atomic mass is 79.9. The smallest absolute Gasteiger partial charge is 0.336 e. The SMILES string of the molecule is COCCOc1nc(-c2ccccc2C)n(-c2ccc(NC(=O)c3ccc(Br)cc3)cc2)n1. The first-order chi connectivity index (χ1) is 16.0. The number of ether oxygens (including phenoxy) is 2. The number of aryl methyl sites for hydroxylation is 1. The van der Waals surface area contributed by atoms with Crippen molar-refractivity contribution in [3.05, 3.63) is 88.4 Å². The molecule has 8 heteroatoms. The molecule has 0 fully saturated rings. The Balaban J connectivity index is 1.60. The molecule has 1 aromatic heterocycles. The van der Waals surface area contributed by atoms with Crippen molar-refractivity contribution in [1.82, 2.24) is 14.8 Å². The first-order valence-corrected chi connectivity index (χ1v) is 11.2. The van der Waals surface area contributed by atoms with Crippen molar-refractivity contribution in [3.8, 4) is 23.1 Å². The molecule has 4 aromatic rings. The largest absolute Gasteiger partial charge is 0.460 e. The van der Waals surface area contributed by atoms with Gasteiger partial charge in [0.2, 0.25) is 0 Å². The number of nitrogens with zero attached hydrogens (tertiary/aromatic N) is 3. The molecule has 1 N–H and O–H groups in total. The summed E-state index contributed by atoms with van der Waals surface area (Å²) < 4.78 is 13.4. The van der Waals surface area contributed by atoms with Crippen LogP contribution in [0.2, 0.25) is 0 Å². The summed E-state index contributed by atoms with van der Waals surface area (Å²) in [6, 6.07) is 22.9. The van der Waals surface area contributed by atoms with Crippen LogP contribution >= 0.6 is 15.9 Å². The van der Waals surface area contributed by atoms with E-state index in [0.717, 1.165) is 21.3 Å². The number of halogens is 1. The zero-order chi connectivity index (χ0) is 23.2. The number of benzene rings is 3. The Labute approximate surface area is 200 Å². The van der Waals surface area contributed by atoms with Crippen molar-refractivity contribution in [2.24, 2.45) is 0 Å². The summed E-state index contributed by atoms with van der Waals surface area (Å²) in [6.07, 6.45) is 0. The molecule has 0 aliphatic carbocycles. The Kier molecular flexibility index (Phi) is 7.16. The standard InChI is InChI=1S/C25H23BrN4O3/c1-17-5-3-4-6-22(17)23-28-25(33-16-15-32-2)29-30(23)21-13-11-20(12-14-21)27-24(31)18-7-9-19(26)10-8-18/h3-14H,15-16H2,1-2H3,(H,27,31). The van der Waals surface area contributed by atoms with E-state index in [0.29, 0.717) is 30.3 Å². The number of carbonyl (C=O) groups is 1. The van der Waals surface area contributed by atoms with Crippen LogP contribution in [0.1, 0.15) is 15.9 Å². The maximum absolute atomic E-state index is 12.5. The van der Waals surface area contributed by atoms with Crippen molar-refractivity contribution in [1.29, 1.82) is 0 Å². The lowest BCUT2D eigenvalue weighted by Gasteiger charge is -2.10. The summed E-state index contributed by atoms with van der Waals surface area (Å²) in [5.41, 5.74) is 4.09. The van der Waals surface area contributed by atoms with E-state index in [1.165, 1.54) is 0 Å². The van der Waals surface area contributed by atoms with Gasteiger partial charge in [-0.15, -0.1) is 5.10 Å². The molecule has 33 heavy (non-hydrogen) atoms. The minimum Gasteiger partial charge on any atom is -0.460 e. The van der Waals surface area contributed by atoms with Gasteiger partial charge in [0.15, 0.2) is 5.82 Å². The van der Waals surface area contributed by atoms with E-state index in [9.17, 15) is 4.79 Å². The highest BCUT2D eigenvalue weighted by Crippen LogP contribution is 2.27. The minimum atomic E-state index is -0.176. The number of rotatable bonds is 8. The van der Waals surface area contributed by atoms with E-state index in [1.54, 1.807) is 23.9 Å². The van der Waals surface area contributed by atoms with Gasteiger partial charge in [0.25, 0.3) is 5.91 Å². The summed E-state index contributed by atoms with van der Waals surface area (Å²) in [4.78, 5) is 17.1. The molecule has 0 unspecified atom stereocenters. The molecular weight excluding hydrogens is 484 g/mol. The molecule has 0 aliphatic heterocycles. The third-order valence-electron chi connectivity index (χ3n) is 4.97. The van der Waals surface area contributed by atoms with E-state index in [2.05, 4.69) is 31.3 Å². The van der Waals surface area contributed by atoms with Gasteiger partial charge in [-0.3, -0.25) is 4.79 Å². The maximum Gasteiger partial charge on any atom is 0.336 e. The van der Waals surface area contributed by atoms with Crippen LogP contribution in [0.5, 0.6) is 6.01 Å². The number of hydrogen-bond donors (Lipinski definition) is 1. The highest BCUT2D eigenvalue weighted by Gasteiger charge is 2.16. The van der Waals surface area contributed by atoms with E-state index in [1.807, 2.05) is 67.6 Å². The zero-order valence-electron chi connectivity index (χ0n) is 18.3. The lowest BCUT2D eigenvalue weighted by atomic mass is 10.1. The van der Waals surface area contributed by atoms with E-state index in [4.69, 9.17) is 9.47 Å². The number of hydrogen-bond acceptors (Lipinski definition) is 5. The van der Waals surface area contributed by atoms with Gasteiger partial charge in [0.05, 0.1) is 12.3 Å². The van der Waals surface area contributed by atoms with Crippen molar-refractivity contribution in [3.63, 3.8) is 0 Å². The van der Waals surface area contributed by atoms with Crippen LogP contribution in [0.15, 0.2) is 77.3 Å². The summed E-state index contributed by atoms with van der Waals surface area (Å²) in [7, 11) is 1.62. The second-order valence-corrected chi connectivity index (χ2v) is 8.21. The van der Waals surface area contributed by atoms with Crippen LogP contribution in [0.25, 0.3) is 17.1 Å². The quantitative estimate of drug-likeness (QED) is 0.328. The predicted molar refractivity (Wildman–Crippen MR) is 131 cm³/mol. The van der Waals surface area contributed by atoms with Gasteiger partial charge in [-0.2, -0.15) is 4.98 Å². The van der Waals surface area contributed by atoms with Gasteiger partial charge < -0.3 is 14.8 Å². The Bertz CT molecular complexity index is 1240. The van der Waals surface area contributed by atoms with Crippen molar-refractivity contribution in [2.45, 2.75) is 6.92 Å². The normalized spacial score (nSPS) is 10.8. The molecule has 0 spiro atoms. The molecule has 7 nitrogen and oxygen atoms in total. The fourth-order valence-corrected chi connectivity index (χ4v) is 3.50. The average molecular weight is 507 g/mol. The lowest BCUT2D eigenvalue weighted by molar-refractivity contribution is 0.102. The predicted octanol–water partition coefficient (Wildman–Crippen LogP) is 5.28. The topological polar surface area (TPSA) is 78.3 Å². The van der Waals surface area contributed by atoms with Crippen LogP contribution in [0, 0.1) is 6.92 Å². The third kappa shape index (κ3) is 5.47. The Morgan fingerprint density at radius 1 is 1.00 bits per heavy atom. The minimum absolute atomic E-state index is 0.176. The van der Waals surface area contributed by atoms with Crippen LogP contribution in [0.4, 0.5) is 5.69 Å². The second-order valence-electron chi connectivity index (χ2n) is 7.29. The number of aromatic nitrogens is 3. The van der Waals surface area contributed by atoms with Crippen LogP contribution in [0.3, 0.4) is 0 Å². The Morgan fingerprint density at radius 2 is 1.73 bits per heavy atom. The van der Waals surface area contributed by atoms with Crippen LogP contribution < -0.4 is 10.1 Å². The van der Waals surface area contributed by atoms with Crippen molar-refractivity contribution in [2.75, 3.05) is 25.6 Å². The highest BCUT2D eigenvalue weighted by molar-refractivity contribution is 9.10. The fraction of sp³-hybridized carbons (Fsp3) is 0.160. The summed E-state index contributed by atoms with van der Waals surface area (Å²) in [5.74, 6) is 0.498. The third-order valence-corrected chi connectivity index (χ3v) is 5.50. The summed E-state index contributed by atoms with van der Waals surface area (Å²) in [6.45, 7) is 2.83. The van der Waals surface area contributed by atoms with Crippen molar-refractivity contribution < 1.29 is 14.3 Å². The average Bonchev–Trinajstić information content (AvgIpc) is 3.24. The molecule has 3 aromatic carbocycles. The molecular formula is C25H23BrN4O3. The Hall–Kier alpha value is -3.49. The zero-order valence-corrected chi connectivity index (χ0v) is 19.9. The summed E-state index contributed by atoms with van der Waals surface area (Å²) >= 11 is 3.38. The second kappa shape index (κ2) is 10.4. The molecule has 1 amide bonds. The van der Waals surface area contributed by atoms with E-state index in [-0.39, 0.29) is 11.9 Å². The van der Waals surface area contributed by atoms with Gasteiger partial charge in [0, 0.05) is 28.4 Å². The molecule has 0 radical (unpaired) electrons. The molecule has 1 heterocycles. The van der Waals surface area contributed by atoms with Crippen LogP contribution in [-0.4, -0.2) is 41.0 Å². The lowest BCUT2D eigenvalue weighted by Crippen LogP contribution is -2.11. The molecule has 168 valence electrons. The number of anilines is 1. The molecule has 4 rings (SSSR count). The monoisotopic (exact) mass is 506 g/mol. The van der Waals surface area contributed by atoms with Gasteiger partial charge in [-0.25, -0.2) is 4.68 Å². The van der Waals surface area contributed by atoms with E-state index < -0.39 is 0 Å². The number of carbonyl (C=O) groups excluding carboxylic acids is 1. The first kappa shape index (κ1) is 22.7. The molecule has 0 saturated carbocycles. The number of nitrogens with one attached hydrogen (secondary N) is 1. The molecule has 0 bridgehead atoms. The van der Waals surface area contributed by atoms with Gasteiger partial charge >= 0.3 is 6.01 Å². The Morgan fingerprint density at radius 3 is 2.42 bits per heavy atom. The molecule has 0 atom stereocenters. The maximum atomic E-state index is 12.5. The van der Waals surface area contributed by atoms with E-state index >= 15 is 0 Å².